The summed E-state index contributed by atoms with van der Waals surface area (Å²) in [6.45, 7) is 4.81. The number of rotatable bonds is 5. The molecule has 112 valence electrons. The minimum atomic E-state index is -0.268. The molecular formula is C17H18Cl2FN. The minimum absolute atomic E-state index is 0.0432. The van der Waals surface area contributed by atoms with Crippen molar-refractivity contribution in [2.24, 2.45) is 0 Å². The van der Waals surface area contributed by atoms with Crippen LogP contribution in [0.2, 0.25) is 10.0 Å². The highest BCUT2D eigenvalue weighted by Gasteiger charge is 2.14. The van der Waals surface area contributed by atoms with E-state index in [-0.39, 0.29) is 11.9 Å². The van der Waals surface area contributed by atoms with E-state index in [9.17, 15) is 4.39 Å². The number of aryl methyl sites for hydroxylation is 1. The summed E-state index contributed by atoms with van der Waals surface area (Å²) in [5, 5.41) is 4.55. The molecule has 1 unspecified atom stereocenters. The fourth-order valence-corrected chi connectivity index (χ4v) is 2.62. The van der Waals surface area contributed by atoms with Crippen LogP contribution in [0.3, 0.4) is 0 Å². The molecule has 1 N–H and O–H groups in total. The van der Waals surface area contributed by atoms with Gasteiger partial charge in [0.05, 0.1) is 0 Å². The normalized spacial score (nSPS) is 12.4. The van der Waals surface area contributed by atoms with E-state index in [4.69, 9.17) is 23.2 Å². The summed E-state index contributed by atoms with van der Waals surface area (Å²) < 4.78 is 14.0. The molecular weight excluding hydrogens is 308 g/mol. The molecule has 0 heterocycles. The molecule has 0 aromatic heterocycles. The SMILES string of the molecule is CCNC(Cc1ccc(Cl)cc1F)c1ccc(Cl)c(C)c1. The molecule has 2 rings (SSSR count). The second-order valence-corrected chi connectivity index (χ2v) is 5.90. The molecule has 2 aromatic rings. The quantitative estimate of drug-likeness (QED) is 0.782. The van der Waals surface area contributed by atoms with Crippen LogP contribution >= 0.6 is 23.2 Å². The van der Waals surface area contributed by atoms with E-state index in [1.807, 2.05) is 32.0 Å². The molecule has 0 aliphatic carbocycles. The molecule has 2 aromatic carbocycles. The molecule has 0 saturated heterocycles. The Hall–Kier alpha value is -1.09. The maximum absolute atomic E-state index is 14.0. The molecule has 4 heteroatoms. The topological polar surface area (TPSA) is 12.0 Å². The van der Waals surface area contributed by atoms with Crippen LogP contribution in [-0.2, 0) is 6.42 Å². The molecule has 21 heavy (non-hydrogen) atoms. The second kappa shape index (κ2) is 7.26. The first-order chi connectivity index (χ1) is 10.0. The summed E-state index contributed by atoms with van der Waals surface area (Å²) in [5.41, 5.74) is 2.78. The highest BCUT2D eigenvalue weighted by atomic mass is 35.5. The van der Waals surface area contributed by atoms with Gasteiger partial charge in [0, 0.05) is 16.1 Å². The first kappa shape index (κ1) is 16.3. The van der Waals surface area contributed by atoms with E-state index in [0.29, 0.717) is 17.0 Å². The average molecular weight is 326 g/mol. The van der Waals surface area contributed by atoms with Gasteiger partial charge in [-0.15, -0.1) is 0 Å². The molecule has 0 saturated carbocycles. The van der Waals surface area contributed by atoms with Crippen molar-refractivity contribution in [3.8, 4) is 0 Å². The number of hydrogen-bond acceptors (Lipinski definition) is 1. The Bertz CT molecular complexity index is 628. The van der Waals surface area contributed by atoms with Crippen molar-refractivity contribution in [1.29, 1.82) is 0 Å². The van der Waals surface area contributed by atoms with Crippen molar-refractivity contribution in [2.75, 3.05) is 6.54 Å². The standard InChI is InChI=1S/C17H18Cl2FN/c1-3-21-17(13-5-7-15(19)11(2)8-13)9-12-4-6-14(18)10-16(12)20/h4-8,10,17,21H,3,9H2,1-2H3. The second-order valence-electron chi connectivity index (χ2n) is 5.06. The van der Waals surface area contributed by atoms with Crippen molar-refractivity contribution in [3.63, 3.8) is 0 Å². The van der Waals surface area contributed by atoms with E-state index in [2.05, 4.69) is 5.32 Å². The van der Waals surface area contributed by atoms with Gasteiger partial charge in [0.2, 0.25) is 0 Å². The maximum atomic E-state index is 14.0. The van der Waals surface area contributed by atoms with Crippen LogP contribution in [0.4, 0.5) is 4.39 Å². The summed E-state index contributed by atoms with van der Waals surface area (Å²) in [7, 11) is 0. The van der Waals surface area contributed by atoms with Crippen LogP contribution in [0, 0.1) is 12.7 Å². The van der Waals surface area contributed by atoms with E-state index in [0.717, 1.165) is 22.7 Å². The molecule has 0 bridgehead atoms. The number of benzene rings is 2. The van der Waals surface area contributed by atoms with Gasteiger partial charge in [-0.3, -0.25) is 0 Å². The molecule has 0 radical (unpaired) electrons. The van der Waals surface area contributed by atoms with Crippen molar-refractivity contribution in [3.05, 3.63) is 69.0 Å². The van der Waals surface area contributed by atoms with Crippen molar-refractivity contribution >= 4 is 23.2 Å². The zero-order valence-corrected chi connectivity index (χ0v) is 13.6. The molecule has 0 spiro atoms. The number of nitrogens with one attached hydrogen (secondary N) is 1. The lowest BCUT2D eigenvalue weighted by molar-refractivity contribution is 0.528. The average Bonchev–Trinajstić information content (AvgIpc) is 2.44. The number of hydrogen-bond donors (Lipinski definition) is 1. The lowest BCUT2D eigenvalue weighted by Gasteiger charge is -2.20. The van der Waals surface area contributed by atoms with E-state index in [1.165, 1.54) is 6.07 Å². The summed E-state index contributed by atoms with van der Waals surface area (Å²) >= 11 is 11.9. The Morgan fingerprint density at radius 2 is 1.90 bits per heavy atom. The molecule has 0 aliphatic rings. The van der Waals surface area contributed by atoms with Crippen LogP contribution in [-0.4, -0.2) is 6.54 Å². The highest BCUT2D eigenvalue weighted by Crippen LogP contribution is 2.25. The summed E-state index contributed by atoms with van der Waals surface area (Å²) in [6, 6.07) is 10.8. The Morgan fingerprint density at radius 3 is 2.52 bits per heavy atom. The Morgan fingerprint density at radius 1 is 1.14 bits per heavy atom. The summed E-state index contributed by atoms with van der Waals surface area (Å²) in [6.07, 6.45) is 0.567. The van der Waals surface area contributed by atoms with Gasteiger partial charge < -0.3 is 5.32 Å². The third-order valence-corrected chi connectivity index (χ3v) is 4.13. The Labute approximate surface area is 135 Å². The smallest absolute Gasteiger partial charge is 0.127 e. The third-order valence-electron chi connectivity index (χ3n) is 3.47. The largest absolute Gasteiger partial charge is 0.310 e. The summed E-state index contributed by atoms with van der Waals surface area (Å²) in [5.74, 6) is -0.268. The van der Waals surface area contributed by atoms with E-state index >= 15 is 0 Å². The van der Waals surface area contributed by atoms with Crippen molar-refractivity contribution in [1.82, 2.24) is 5.32 Å². The monoisotopic (exact) mass is 325 g/mol. The van der Waals surface area contributed by atoms with Gasteiger partial charge in [0.15, 0.2) is 0 Å². The van der Waals surface area contributed by atoms with Gasteiger partial charge in [-0.25, -0.2) is 4.39 Å². The van der Waals surface area contributed by atoms with Gasteiger partial charge in [0.1, 0.15) is 5.82 Å². The first-order valence-electron chi connectivity index (χ1n) is 6.94. The highest BCUT2D eigenvalue weighted by molar-refractivity contribution is 6.31. The van der Waals surface area contributed by atoms with Crippen LogP contribution in [0.25, 0.3) is 0 Å². The first-order valence-corrected chi connectivity index (χ1v) is 7.70. The number of likely N-dealkylation sites (N-methyl/N-ethyl adjacent to an activating group) is 1. The van der Waals surface area contributed by atoms with Crippen LogP contribution in [0.1, 0.15) is 29.7 Å². The molecule has 0 amide bonds. The van der Waals surface area contributed by atoms with Gasteiger partial charge >= 0.3 is 0 Å². The minimum Gasteiger partial charge on any atom is -0.310 e. The Kier molecular flexibility index (Phi) is 5.63. The fraction of sp³-hybridized carbons (Fsp3) is 0.294. The molecule has 1 nitrogen and oxygen atoms in total. The zero-order chi connectivity index (χ0) is 15.4. The van der Waals surface area contributed by atoms with Crippen molar-refractivity contribution < 1.29 is 4.39 Å². The lowest BCUT2D eigenvalue weighted by Crippen LogP contribution is -2.23. The predicted molar refractivity (Wildman–Crippen MR) is 87.7 cm³/mol. The van der Waals surface area contributed by atoms with Crippen LogP contribution < -0.4 is 5.32 Å². The molecule has 0 fully saturated rings. The van der Waals surface area contributed by atoms with Crippen LogP contribution in [0.15, 0.2) is 36.4 Å². The van der Waals surface area contributed by atoms with Crippen LogP contribution in [0.5, 0.6) is 0 Å². The van der Waals surface area contributed by atoms with Gasteiger partial charge in [0.25, 0.3) is 0 Å². The van der Waals surface area contributed by atoms with Gasteiger partial charge in [-0.1, -0.05) is 48.3 Å². The van der Waals surface area contributed by atoms with Gasteiger partial charge in [-0.05, 0) is 54.8 Å². The van der Waals surface area contributed by atoms with E-state index in [1.54, 1.807) is 12.1 Å². The zero-order valence-electron chi connectivity index (χ0n) is 12.1. The molecule has 1 atom stereocenters. The predicted octanol–water partition coefficient (Wildman–Crippen LogP) is 5.33. The Balaban J connectivity index is 2.28. The van der Waals surface area contributed by atoms with Gasteiger partial charge in [-0.2, -0.15) is 0 Å². The lowest BCUT2D eigenvalue weighted by atomic mass is 9.97. The third kappa shape index (κ3) is 4.19. The summed E-state index contributed by atoms with van der Waals surface area (Å²) in [4.78, 5) is 0. The number of halogens is 3. The fourth-order valence-electron chi connectivity index (χ4n) is 2.35. The maximum Gasteiger partial charge on any atom is 0.127 e. The van der Waals surface area contributed by atoms with Crippen molar-refractivity contribution in [2.45, 2.75) is 26.3 Å². The molecule has 0 aliphatic heterocycles. The van der Waals surface area contributed by atoms with E-state index < -0.39 is 0 Å².